The van der Waals surface area contributed by atoms with Crippen LogP contribution in [0.25, 0.3) is 0 Å². The highest BCUT2D eigenvalue weighted by molar-refractivity contribution is 5.89. The number of hydrogen-bond acceptors (Lipinski definition) is 2. The molecule has 0 bridgehead atoms. The first-order valence-corrected chi connectivity index (χ1v) is 8.17. The van der Waals surface area contributed by atoms with Crippen LogP contribution in [0.5, 0.6) is 0 Å². The molecule has 21 heavy (non-hydrogen) atoms. The number of rotatable bonds is 3. The zero-order valence-corrected chi connectivity index (χ0v) is 13.4. The molecule has 1 saturated carbocycles. The van der Waals surface area contributed by atoms with Crippen molar-refractivity contribution in [2.24, 2.45) is 5.92 Å². The number of carbonyl (C=O) groups excluding carboxylic acids is 1. The van der Waals surface area contributed by atoms with Crippen LogP contribution in [0.1, 0.15) is 56.8 Å². The van der Waals surface area contributed by atoms with E-state index in [1.54, 1.807) is 0 Å². The summed E-state index contributed by atoms with van der Waals surface area (Å²) in [6.45, 7) is 7.28. The third kappa shape index (κ3) is 2.59. The molecule has 1 unspecified atom stereocenters. The average molecular weight is 286 g/mol. The van der Waals surface area contributed by atoms with Gasteiger partial charge in [0, 0.05) is 6.54 Å². The topological polar surface area (TPSA) is 32.3 Å². The molecular weight excluding hydrogens is 260 g/mol. The molecular formula is C18H26N2O. The number of hydrogen-bond donors (Lipinski definition) is 1. The van der Waals surface area contributed by atoms with E-state index in [2.05, 4.69) is 55.3 Å². The molecule has 3 heteroatoms. The van der Waals surface area contributed by atoms with Gasteiger partial charge < -0.3 is 4.90 Å². The molecule has 1 N–H and O–H groups in total. The molecule has 1 spiro atoms. The Morgan fingerprint density at radius 3 is 2.43 bits per heavy atom. The van der Waals surface area contributed by atoms with Crippen LogP contribution >= 0.6 is 0 Å². The van der Waals surface area contributed by atoms with E-state index in [4.69, 9.17) is 0 Å². The molecule has 2 fully saturated rings. The first-order chi connectivity index (χ1) is 10.0. The predicted molar refractivity (Wildman–Crippen MR) is 84.8 cm³/mol. The lowest BCUT2D eigenvalue weighted by Gasteiger charge is -2.26. The fourth-order valence-electron chi connectivity index (χ4n) is 3.72. The third-order valence-electron chi connectivity index (χ3n) is 4.81. The van der Waals surface area contributed by atoms with Crippen LogP contribution in [0.3, 0.4) is 0 Å². The van der Waals surface area contributed by atoms with Crippen LogP contribution in [0.2, 0.25) is 0 Å². The second kappa shape index (κ2) is 5.45. The van der Waals surface area contributed by atoms with Crippen molar-refractivity contribution in [3.05, 3.63) is 35.4 Å². The monoisotopic (exact) mass is 286 g/mol. The number of carbonyl (C=O) groups is 1. The number of benzene rings is 1. The average Bonchev–Trinajstić information content (AvgIpc) is 3.01. The summed E-state index contributed by atoms with van der Waals surface area (Å²) in [5.41, 5.74) is 2.18. The van der Waals surface area contributed by atoms with E-state index in [0.29, 0.717) is 11.8 Å². The molecule has 0 aromatic heterocycles. The highest BCUT2D eigenvalue weighted by atomic mass is 16.2. The van der Waals surface area contributed by atoms with Crippen molar-refractivity contribution in [2.75, 3.05) is 6.54 Å². The SMILES string of the molecule is Cc1ccc(C2NC3(CCCC3)C(=O)N2CC(C)C)cc1. The van der Waals surface area contributed by atoms with Gasteiger partial charge in [-0.25, -0.2) is 0 Å². The van der Waals surface area contributed by atoms with Gasteiger partial charge in [0.05, 0.1) is 5.54 Å². The number of amides is 1. The summed E-state index contributed by atoms with van der Waals surface area (Å²) in [5, 5.41) is 3.68. The predicted octanol–water partition coefficient (Wildman–Crippen LogP) is 3.39. The molecule has 1 amide bonds. The van der Waals surface area contributed by atoms with Gasteiger partial charge in [-0.3, -0.25) is 10.1 Å². The van der Waals surface area contributed by atoms with Gasteiger partial charge in [-0.05, 0) is 31.2 Å². The Bertz CT molecular complexity index is 515. The molecule has 1 heterocycles. The van der Waals surface area contributed by atoms with Crippen molar-refractivity contribution in [3.8, 4) is 0 Å². The maximum Gasteiger partial charge on any atom is 0.244 e. The van der Waals surface area contributed by atoms with Crippen LogP contribution in [0.15, 0.2) is 24.3 Å². The lowest BCUT2D eigenvalue weighted by molar-refractivity contribution is -0.133. The number of nitrogens with zero attached hydrogens (tertiary/aromatic N) is 1. The van der Waals surface area contributed by atoms with Gasteiger partial charge >= 0.3 is 0 Å². The van der Waals surface area contributed by atoms with Crippen molar-refractivity contribution in [2.45, 2.75) is 58.2 Å². The number of aryl methyl sites for hydroxylation is 1. The van der Waals surface area contributed by atoms with Gasteiger partial charge in [-0.1, -0.05) is 56.5 Å². The Morgan fingerprint density at radius 2 is 1.86 bits per heavy atom. The molecule has 1 aliphatic heterocycles. The molecule has 1 aliphatic carbocycles. The van der Waals surface area contributed by atoms with Crippen LogP contribution in [0.4, 0.5) is 0 Å². The fourth-order valence-corrected chi connectivity index (χ4v) is 3.72. The largest absolute Gasteiger partial charge is 0.321 e. The van der Waals surface area contributed by atoms with Crippen molar-refractivity contribution in [1.82, 2.24) is 10.2 Å². The second-order valence-electron chi connectivity index (χ2n) is 7.10. The van der Waals surface area contributed by atoms with Crippen molar-refractivity contribution in [1.29, 1.82) is 0 Å². The molecule has 2 aliphatic rings. The molecule has 0 radical (unpaired) electrons. The van der Waals surface area contributed by atoms with Gasteiger partial charge in [-0.15, -0.1) is 0 Å². The lowest BCUT2D eigenvalue weighted by atomic mass is 9.98. The Morgan fingerprint density at radius 1 is 1.24 bits per heavy atom. The van der Waals surface area contributed by atoms with E-state index in [-0.39, 0.29) is 11.7 Å². The zero-order valence-electron chi connectivity index (χ0n) is 13.4. The summed E-state index contributed by atoms with van der Waals surface area (Å²) in [4.78, 5) is 15.0. The number of nitrogens with one attached hydrogen (secondary N) is 1. The Hall–Kier alpha value is -1.35. The Balaban J connectivity index is 1.92. The van der Waals surface area contributed by atoms with E-state index >= 15 is 0 Å². The first kappa shape index (κ1) is 14.6. The molecule has 3 rings (SSSR count). The summed E-state index contributed by atoms with van der Waals surface area (Å²) in [5.74, 6) is 0.805. The molecule has 3 nitrogen and oxygen atoms in total. The molecule has 1 aromatic rings. The minimum Gasteiger partial charge on any atom is -0.321 e. The van der Waals surface area contributed by atoms with Gasteiger partial charge in [0.1, 0.15) is 6.17 Å². The van der Waals surface area contributed by atoms with Crippen molar-refractivity contribution < 1.29 is 4.79 Å². The molecule has 1 saturated heterocycles. The summed E-state index contributed by atoms with van der Waals surface area (Å²) in [7, 11) is 0. The smallest absolute Gasteiger partial charge is 0.244 e. The highest BCUT2D eigenvalue weighted by Gasteiger charge is 2.52. The van der Waals surface area contributed by atoms with Crippen LogP contribution in [-0.4, -0.2) is 22.9 Å². The van der Waals surface area contributed by atoms with Crippen LogP contribution in [-0.2, 0) is 4.79 Å². The van der Waals surface area contributed by atoms with Gasteiger partial charge in [-0.2, -0.15) is 0 Å². The van der Waals surface area contributed by atoms with E-state index in [1.165, 1.54) is 11.1 Å². The van der Waals surface area contributed by atoms with Gasteiger partial charge in [0.2, 0.25) is 5.91 Å². The Labute approximate surface area is 127 Å². The maximum absolute atomic E-state index is 13.0. The zero-order chi connectivity index (χ0) is 15.0. The summed E-state index contributed by atoms with van der Waals surface area (Å²) in [6, 6.07) is 8.58. The summed E-state index contributed by atoms with van der Waals surface area (Å²) >= 11 is 0. The first-order valence-electron chi connectivity index (χ1n) is 8.17. The fraction of sp³-hybridized carbons (Fsp3) is 0.611. The normalized spacial score (nSPS) is 24.5. The Kier molecular flexibility index (Phi) is 3.78. The quantitative estimate of drug-likeness (QED) is 0.923. The van der Waals surface area contributed by atoms with E-state index in [9.17, 15) is 4.79 Å². The van der Waals surface area contributed by atoms with E-state index < -0.39 is 0 Å². The highest BCUT2D eigenvalue weighted by Crippen LogP contribution is 2.41. The summed E-state index contributed by atoms with van der Waals surface area (Å²) < 4.78 is 0. The van der Waals surface area contributed by atoms with Gasteiger partial charge in [0.15, 0.2) is 0 Å². The molecule has 1 aromatic carbocycles. The minimum atomic E-state index is -0.287. The van der Waals surface area contributed by atoms with Crippen molar-refractivity contribution in [3.63, 3.8) is 0 Å². The van der Waals surface area contributed by atoms with Crippen molar-refractivity contribution >= 4 is 5.91 Å². The maximum atomic E-state index is 13.0. The van der Waals surface area contributed by atoms with Crippen LogP contribution < -0.4 is 5.32 Å². The van der Waals surface area contributed by atoms with E-state index in [1.807, 2.05) is 0 Å². The second-order valence-corrected chi connectivity index (χ2v) is 7.10. The molecule has 114 valence electrons. The third-order valence-corrected chi connectivity index (χ3v) is 4.81. The molecule has 1 atom stereocenters. The minimum absolute atomic E-state index is 0.0404. The summed E-state index contributed by atoms with van der Waals surface area (Å²) in [6.07, 6.45) is 4.34. The standard InChI is InChI=1S/C18H26N2O/c1-13(2)12-20-16(15-8-6-14(3)7-9-15)19-18(17(20)21)10-4-5-11-18/h6-9,13,16,19H,4-5,10-12H2,1-3H3. The van der Waals surface area contributed by atoms with Gasteiger partial charge in [0.25, 0.3) is 0 Å². The van der Waals surface area contributed by atoms with E-state index in [0.717, 1.165) is 32.2 Å². The lowest BCUT2D eigenvalue weighted by Crippen LogP contribution is -2.44. The van der Waals surface area contributed by atoms with Crippen LogP contribution in [0, 0.1) is 12.8 Å².